The number of carbonyl (C=O) groups is 1. The summed E-state index contributed by atoms with van der Waals surface area (Å²) in [4.78, 5) is 12.0. The van der Waals surface area contributed by atoms with Crippen molar-refractivity contribution in [1.82, 2.24) is 9.88 Å². The Morgan fingerprint density at radius 3 is 2.79 bits per heavy atom. The van der Waals surface area contributed by atoms with Gasteiger partial charge in [-0.05, 0) is 34.8 Å². The summed E-state index contributed by atoms with van der Waals surface area (Å²) in [5.74, 6) is -0.128. The Morgan fingerprint density at radius 2 is 2.21 bits per heavy atom. The maximum absolute atomic E-state index is 12.0. The molecule has 0 unspecified atom stereocenters. The van der Waals surface area contributed by atoms with Crippen molar-refractivity contribution < 1.29 is 13.2 Å². The number of hydrogen-bond acceptors (Lipinski definition) is 3. The van der Waals surface area contributed by atoms with Crippen LogP contribution in [0.2, 0.25) is 0 Å². The Morgan fingerprint density at radius 1 is 1.53 bits per heavy atom. The van der Waals surface area contributed by atoms with Crippen molar-refractivity contribution in [1.29, 1.82) is 0 Å². The summed E-state index contributed by atoms with van der Waals surface area (Å²) in [6.45, 7) is 1.76. The molecule has 1 saturated carbocycles. The fourth-order valence-electron chi connectivity index (χ4n) is 1.84. The van der Waals surface area contributed by atoms with Crippen LogP contribution in [0.3, 0.4) is 0 Å². The van der Waals surface area contributed by atoms with E-state index in [1.165, 1.54) is 0 Å². The van der Waals surface area contributed by atoms with Gasteiger partial charge in [0.25, 0.3) is 5.91 Å². The van der Waals surface area contributed by atoms with Gasteiger partial charge in [-0.25, -0.2) is 8.42 Å². The van der Waals surface area contributed by atoms with Crippen molar-refractivity contribution in [2.75, 3.05) is 18.1 Å². The number of nitrogens with one attached hydrogen (secondary N) is 1. The number of halogens is 1. The van der Waals surface area contributed by atoms with E-state index in [-0.39, 0.29) is 24.0 Å². The summed E-state index contributed by atoms with van der Waals surface area (Å²) in [7, 11) is -3.04. The summed E-state index contributed by atoms with van der Waals surface area (Å²) in [6, 6.07) is 2.17. The van der Waals surface area contributed by atoms with Crippen LogP contribution in [0.15, 0.2) is 16.7 Å². The molecule has 19 heavy (non-hydrogen) atoms. The molecule has 2 rings (SSSR count). The van der Waals surface area contributed by atoms with E-state index in [4.69, 9.17) is 0 Å². The summed E-state index contributed by atoms with van der Waals surface area (Å²) >= 11 is 3.36. The molecule has 1 aromatic rings. The average molecular weight is 349 g/mol. The van der Waals surface area contributed by atoms with E-state index in [2.05, 4.69) is 21.2 Å². The highest BCUT2D eigenvalue weighted by Gasteiger charge is 2.27. The standard InChI is InChI=1S/C12H17BrN2O3S/c1-2-19(17,18)6-5-14-12(16)11-7-9(13)8-15(11)10-3-4-10/h7-8,10H,2-6H2,1H3,(H,14,16). The summed E-state index contributed by atoms with van der Waals surface area (Å²) < 4.78 is 25.5. The van der Waals surface area contributed by atoms with Crippen molar-refractivity contribution in [3.63, 3.8) is 0 Å². The van der Waals surface area contributed by atoms with Gasteiger partial charge in [-0.15, -0.1) is 0 Å². The summed E-state index contributed by atoms with van der Waals surface area (Å²) in [5.41, 5.74) is 0.586. The van der Waals surface area contributed by atoms with E-state index in [1.807, 2.05) is 10.8 Å². The smallest absolute Gasteiger partial charge is 0.267 e. The van der Waals surface area contributed by atoms with Gasteiger partial charge < -0.3 is 9.88 Å². The molecule has 0 radical (unpaired) electrons. The van der Waals surface area contributed by atoms with Crippen LogP contribution in [-0.2, 0) is 9.84 Å². The number of carbonyl (C=O) groups excluding carboxylic acids is 1. The third-order valence-electron chi connectivity index (χ3n) is 3.13. The van der Waals surface area contributed by atoms with E-state index in [1.54, 1.807) is 13.0 Å². The first kappa shape index (κ1) is 14.6. The molecular weight excluding hydrogens is 332 g/mol. The molecule has 1 N–H and O–H groups in total. The van der Waals surface area contributed by atoms with E-state index < -0.39 is 9.84 Å². The van der Waals surface area contributed by atoms with Crippen LogP contribution >= 0.6 is 15.9 Å². The van der Waals surface area contributed by atoms with Gasteiger partial charge in [-0.1, -0.05) is 6.92 Å². The number of rotatable bonds is 6. The number of nitrogens with zero attached hydrogens (tertiary/aromatic N) is 1. The summed E-state index contributed by atoms with van der Waals surface area (Å²) in [6.07, 6.45) is 4.08. The second-order valence-electron chi connectivity index (χ2n) is 4.67. The highest BCUT2D eigenvalue weighted by molar-refractivity contribution is 9.10. The molecular formula is C12H17BrN2O3S. The Hall–Kier alpha value is -0.820. The van der Waals surface area contributed by atoms with Crippen molar-refractivity contribution in [2.45, 2.75) is 25.8 Å². The minimum Gasteiger partial charge on any atom is -0.350 e. The number of aromatic nitrogens is 1. The lowest BCUT2D eigenvalue weighted by atomic mass is 10.4. The predicted molar refractivity (Wildman–Crippen MR) is 77.1 cm³/mol. The quantitative estimate of drug-likeness (QED) is 0.851. The SMILES string of the molecule is CCS(=O)(=O)CCNC(=O)c1cc(Br)cn1C1CC1. The molecule has 1 aromatic heterocycles. The van der Waals surface area contributed by atoms with E-state index in [0.717, 1.165) is 17.3 Å². The molecule has 0 aliphatic heterocycles. The van der Waals surface area contributed by atoms with E-state index in [0.29, 0.717) is 11.7 Å². The molecule has 0 saturated heterocycles. The molecule has 1 aliphatic rings. The lowest BCUT2D eigenvalue weighted by molar-refractivity contribution is 0.0946. The number of sulfone groups is 1. The van der Waals surface area contributed by atoms with Gasteiger partial charge in [0.1, 0.15) is 5.69 Å². The molecule has 5 nitrogen and oxygen atoms in total. The molecule has 7 heteroatoms. The maximum atomic E-state index is 12.0. The van der Waals surface area contributed by atoms with Gasteiger partial charge >= 0.3 is 0 Å². The van der Waals surface area contributed by atoms with Gasteiger partial charge in [0, 0.05) is 29.0 Å². The molecule has 1 aliphatic carbocycles. The molecule has 0 bridgehead atoms. The number of hydrogen-bond donors (Lipinski definition) is 1. The van der Waals surface area contributed by atoms with Crippen LogP contribution in [0, 0.1) is 0 Å². The van der Waals surface area contributed by atoms with Crippen LogP contribution in [0.25, 0.3) is 0 Å². The third-order valence-corrected chi connectivity index (χ3v) is 5.27. The third kappa shape index (κ3) is 3.82. The molecule has 1 heterocycles. The minimum atomic E-state index is -3.04. The second kappa shape index (κ2) is 5.66. The van der Waals surface area contributed by atoms with Crippen LogP contribution in [0.4, 0.5) is 0 Å². The van der Waals surface area contributed by atoms with Crippen molar-refractivity contribution in [3.05, 3.63) is 22.4 Å². The van der Waals surface area contributed by atoms with Gasteiger partial charge in [-0.2, -0.15) is 0 Å². The van der Waals surface area contributed by atoms with Gasteiger partial charge in [0.2, 0.25) is 0 Å². The van der Waals surface area contributed by atoms with Gasteiger partial charge in [0.05, 0.1) is 5.75 Å². The highest BCUT2D eigenvalue weighted by atomic mass is 79.9. The zero-order chi connectivity index (χ0) is 14.0. The minimum absolute atomic E-state index is 0.0133. The first-order valence-corrected chi connectivity index (χ1v) is 8.90. The molecule has 0 spiro atoms. The lowest BCUT2D eigenvalue weighted by Crippen LogP contribution is -2.30. The largest absolute Gasteiger partial charge is 0.350 e. The van der Waals surface area contributed by atoms with Gasteiger partial charge in [0.15, 0.2) is 9.84 Å². The van der Waals surface area contributed by atoms with Crippen LogP contribution in [0.5, 0.6) is 0 Å². The zero-order valence-corrected chi connectivity index (χ0v) is 13.1. The van der Waals surface area contributed by atoms with Gasteiger partial charge in [-0.3, -0.25) is 4.79 Å². The molecule has 1 fully saturated rings. The first-order valence-electron chi connectivity index (χ1n) is 6.29. The topological polar surface area (TPSA) is 68.2 Å². The monoisotopic (exact) mass is 348 g/mol. The lowest BCUT2D eigenvalue weighted by Gasteiger charge is -2.08. The van der Waals surface area contributed by atoms with Crippen LogP contribution in [0.1, 0.15) is 36.3 Å². The Bertz CT molecular complexity index is 576. The maximum Gasteiger partial charge on any atom is 0.267 e. The van der Waals surface area contributed by atoms with Crippen molar-refractivity contribution >= 4 is 31.7 Å². The fourth-order valence-corrected chi connectivity index (χ4v) is 2.98. The van der Waals surface area contributed by atoms with E-state index >= 15 is 0 Å². The molecule has 0 atom stereocenters. The molecule has 106 valence electrons. The highest BCUT2D eigenvalue weighted by Crippen LogP contribution is 2.37. The first-order chi connectivity index (χ1) is 8.93. The van der Waals surface area contributed by atoms with E-state index in [9.17, 15) is 13.2 Å². The fraction of sp³-hybridized carbons (Fsp3) is 0.583. The zero-order valence-electron chi connectivity index (χ0n) is 10.7. The average Bonchev–Trinajstić information content (AvgIpc) is 3.12. The molecule has 1 amide bonds. The predicted octanol–water partition coefficient (Wildman–Crippen LogP) is 1.75. The van der Waals surface area contributed by atoms with Crippen molar-refractivity contribution in [2.24, 2.45) is 0 Å². The second-order valence-corrected chi connectivity index (χ2v) is 8.06. The normalized spacial score (nSPS) is 15.5. The molecule has 0 aromatic carbocycles. The Balaban J connectivity index is 1.97. The number of amides is 1. The van der Waals surface area contributed by atoms with Crippen molar-refractivity contribution in [3.8, 4) is 0 Å². The summed E-state index contributed by atoms with van der Waals surface area (Å²) in [5, 5.41) is 2.67. The Labute approximate surface area is 121 Å². The van der Waals surface area contributed by atoms with Crippen LogP contribution < -0.4 is 5.32 Å². The Kier molecular flexibility index (Phi) is 4.35. The van der Waals surface area contributed by atoms with Crippen LogP contribution in [-0.4, -0.2) is 36.9 Å².